The van der Waals surface area contributed by atoms with E-state index >= 15 is 0 Å². The molecule has 0 saturated heterocycles. The fourth-order valence-electron chi connectivity index (χ4n) is 5.32. The van der Waals surface area contributed by atoms with Crippen LogP contribution in [0.25, 0.3) is 0 Å². The van der Waals surface area contributed by atoms with Crippen LogP contribution in [0.15, 0.2) is 0 Å². The van der Waals surface area contributed by atoms with Gasteiger partial charge in [0.2, 0.25) is 15.9 Å². The van der Waals surface area contributed by atoms with Crippen LogP contribution in [0, 0.1) is 5.92 Å². The molecule has 31 heavy (non-hydrogen) atoms. The maximum Gasteiger partial charge on any atom is 0.225 e. The lowest BCUT2D eigenvalue weighted by Gasteiger charge is -2.41. The van der Waals surface area contributed by atoms with Crippen LogP contribution in [0.5, 0.6) is 0 Å². The normalized spacial score (nSPS) is 39.7. The number of hydrogen-bond acceptors (Lipinski definition) is 6. The number of sulfonamides is 1. The molecule has 0 bridgehead atoms. The molecular formula is C21H37ClN2O6S. The highest BCUT2D eigenvalue weighted by atomic mass is 35.5. The van der Waals surface area contributed by atoms with E-state index in [2.05, 4.69) is 5.32 Å². The van der Waals surface area contributed by atoms with Crippen molar-refractivity contribution < 1.29 is 27.4 Å². The van der Waals surface area contributed by atoms with E-state index in [1.807, 2.05) is 0 Å². The fraction of sp³-hybridized carbons (Fsp3) is 0.952. The first kappa shape index (κ1) is 25.2. The van der Waals surface area contributed by atoms with Gasteiger partial charge in [0.05, 0.1) is 35.6 Å². The van der Waals surface area contributed by atoms with Crippen LogP contribution in [0.1, 0.15) is 64.2 Å². The number of hydrogen-bond donors (Lipinski definition) is 2. The molecule has 0 aliphatic heterocycles. The summed E-state index contributed by atoms with van der Waals surface area (Å²) in [5, 5.41) is 7.81. The Morgan fingerprint density at radius 1 is 0.935 bits per heavy atom. The number of rotatable bonds is 7. The van der Waals surface area contributed by atoms with E-state index in [0.29, 0.717) is 25.7 Å². The third-order valence-electron chi connectivity index (χ3n) is 7.17. The number of nitrogens with two attached hydrogens (primary N) is 1. The first-order valence-electron chi connectivity index (χ1n) is 11.4. The van der Waals surface area contributed by atoms with E-state index in [4.69, 9.17) is 31.0 Å². The predicted octanol–water partition coefficient (Wildman–Crippen LogP) is 2.08. The van der Waals surface area contributed by atoms with Crippen LogP contribution in [-0.2, 0) is 29.0 Å². The Bertz CT molecular complexity index is 708. The second-order valence-electron chi connectivity index (χ2n) is 9.26. The van der Waals surface area contributed by atoms with Crippen molar-refractivity contribution in [2.45, 2.75) is 105 Å². The SMILES string of the molecule is COC1CCC(OC2CC(Cl)CCC2C(=O)NC2CCCC(S(N)(=O)=O)C2)C(OC)C1. The largest absolute Gasteiger partial charge is 0.381 e. The van der Waals surface area contributed by atoms with E-state index in [1.54, 1.807) is 14.2 Å². The molecule has 10 heteroatoms. The molecule has 0 aromatic heterocycles. The number of carbonyl (C=O) groups is 1. The molecule has 0 radical (unpaired) electrons. The maximum atomic E-state index is 13.2. The third kappa shape index (κ3) is 6.77. The molecule has 180 valence electrons. The van der Waals surface area contributed by atoms with Crippen LogP contribution in [-0.4, -0.2) is 69.6 Å². The second-order valence-corrected chi connectivity index (χ2v) is 11.7. The molecule has 3 aliphatic rings. The van der Waals surface area contributed by atoms with Crippen molar-refractivity contribution in [3.05, 3.63) is 0 Å². The summed E-state index contributed by atoms with van der Waals surface area (Å²) in [5.74, 6) is -0.379. The van der Waals surface area contributed by atoms with E-state index in [-0.39, 0.29) is 47.7 Å². The molecule has 3 fully saturated rings. The molecule has 0 aromatic rings. The number of primary sulfonamides is 1. The minimum atomic E-state index is -3.59. The van der Waals surface area contributed by atoms with Gasteiger partial charge in [-0.2, -0.15) is 0 Å². The van der Waals surface area contributed by atoms with Gasteiger partial charge in [0.25, 0.3) is 0 Å². The zero-order valence-electron chi connectivity index (χ0n) is 18.5. The number of halogens is 1. The van der Waals surface area contributed by atoms with Crippen molar-refractivity contribution in [1.29, 1.82) is 0 Å². The van der Waals surface area contributed by atoms with Crippen LogP contribution in [0.3, 0.4) is 0 Å². The summed E-state index contributed by atoms with van der Waals surface area (Å²) in [7, 11) is -0.198. The van der Waals surface area contributed by atoms with E-state index in [1.165, 1.54) is 0 Å². The highest BCUT2D eigenvalue weighted by Crippen LogP contribution is 2.35. The van der Waals surface area contributed by atoms with Gasteiger partial charge in [-0.05, 0) is 51.4 Å². The minimum Gasteiger partial charge on any atom is -0.381 e. The summed E-state index contributed by atoms with van der Waals surface area (Å²) in [6.07, 6.45) is 6.63. The van der Waals surface area contributed by atoms with Gasteiger partial charge in [-0.3, -0.25) is 4.79 Å². The summed E-state index contributed by atoms with van der Waals surface area (Å²) in [4.78, 5) is 13.2. The molecule has 1 amide bonds. The number of ether oxygens (including phenoxy) is 3. The quantitative estimate of drug-likeness (QED) is 0.539. The van der Waals surface area contributed by atoms with Crippen LogP contribution in [0.2, 0.25) is 0 Å². The van der Waals surface area contributed by atoms with Crippen molar-refractivity contribution in [2.24, 2.45) is 11.1 Å². The topological polar surface area (TPSA) is 117 Å². The average molecular weight is 481 g/mol. The van der Waals surface area contributed by atoms with Gasteiger partial charge in [-0.25, -0.2) is 13.6 Å². The Kier molecular flexibility index (Phi) is 9.03. The smallest absolute Gasteiger partial charge is 0.225 e. The van der Waals surface area contributed by atoms with Gasteiger partial charge in [0.1, 0.15) is 0 Å². The third-order valence-corrected chi connectivity index (χ3v) is 8.92. The predicted molar refractivity (Wildman–Crippen MR) is 118 cm³/mol. The molecule has 3 rings (SSSR count). The van der Waals surface area contributed by atoms with Crippen LogP contribution >= 0.6 is 11.6 Å². The summed E-state index contributed by atoms with van der Waals surface area (Å²) >= 11 is 6.43. The number of amides is 1. The van der Waals surface area contributed by atoms with Crippen molar-refractivity contribution >= 4 is 27.5 Å². The summed E-state index contributed by atoms with van der Waals surface area (Å²) in [5.41, 5.74) is 0. The number of alkyl halides is 1. The van der Waals surface area contributed by atoms with Gasteiger partial charge < -0.3 is 19.5 Å². The van der Waals surface area contributed by atoms with Crippen molar-refractivity contribution in [3.8, 4) is 0 Å². The zero-order valence-corrected chi connectivity index (χ0v) is 20.1. The molecular weight excluding hydrogens is 444 g/mol. The summed E-state index contributed by atoms with van der Waals surface area (Å²) in [6, 6.07) is -0.178. The Morgan fingerprint density at radius 2 is 1.71 bits per heavy atom. The Labute approximate surface area is 190 Å². The Morgan fingerprint density at radius 3 is 2.39 bits per heavy atom. The number of methoxy groups -OCH3 is 2. The molecule has 8 unspecified atom stereocenters. The van der Waals surface area contributed by atoms with Gasteiger partial charge in [-0.1, -0.05) is 6.42 Å². The highest BCUT2D eigenvalue weighted by molar-refractivity contribution is 7.89. The van der Waals surface area contributed by atoms with Gasteiger partial charge >= 0.3 is 0 Å². The van der Waals surface area contributed by atoms with Crippen molar-refractivity contribution in [3.63, 3.8) is 0 Å². The summed E-state index contributed by atoms with van der Waals surface area (Å²) in [6.45, 7) is 0. The molecule has 0 spiro atoms. The number of carbonyl (C=O) groups excluding carboxylic acids is 1. The van der Waals surface area contributed by atoms with Gasteiger partial charge in [0.15, 0.2) is 0 Å². The van der Waals surface area contributed by atoms with Crippen molar-refractivity contribution in [1.82, 2.24) is 5.32 Å². The molecule has 3 saturated carbocycles. The molecule has 8 nitrogen and oxygen atoms in total. The average Bonchev–Trinajstić information content (AvgIpc) is 2.73. The lowest BCUT2D eigenvalue weighted by atomic mass is 9.84. The molecule has 3 aliphatic carbocycles. The molecule has 0 heterocycles. The summed E-state index contributed by atoms with van der Waals surface area (Å²) < 4.78 is 41.1. The van der Waals surface area contributed by atoms with Crippen LogP contribution in [0.4, 0.5) is 0 Å². The monoisotopic (exact) mass is 480 g/mol. The first-order valence-corrected chi connectivity index (χ1v) is 13.4. The number of nitrogens with one attached hydrogen (secondary N) is 1. The Hall–Kier alpha value is -0.450. The van der Waals surface area contributed by atoms with Crippen molar-refractivity contribution in [2.75, 3.05) is 14.2 Å². The molecule has 3 N–H and O–H groups in total. The molecule has 0 aromatic carbocycles. The van der Waals surface area contributed by atoms with Crippen LogP contribution < -0.4 is 10.5 Å². The fourth-order valence-corrected chi connectivity index (χ4v) is 6.62. The van der Waals surface area contributed by atoms with E-state index in [9.17, 15) is 13.2 Å². The lowest BCUT2D eigenvalue weighted by Crippen LogP contribution is -2.51. The maximum absolute atomic E-state index is 13.2. The standard InChI is InChI=1S/C21H37ClN2O6S/c1-28-15-7-9-18(20(12-15)29-2)30-19-10-13(22)6-8-17(19)21(25)24-14-4-3-5-16(11-14)31(23,26)27/h13-20H,3-12H2,1-2H3,(H,24,25)(H2,23,26,27). The Balaban J connectivity index is 1.62. The zero-order chi connectivity index (χ0) is 22.6. The van der Waals surface area contributed by atoms with E-state index < -0.39 is 15.3 Å². The lowest BCUT2D eigenvalue weighted by molar-refractivity contribution is -0.157. The first-order chi connectivity index (χ1) is 14.7. The highest BCUT2D eigenvalue weighted by Gasteiger charge is 2.41. The second kappa shape index (κ2) is 11.1. The molecule has 8 atom stereocenters. The minimum absolute atomic E-state index is 0.0215. The van der Waals surface area contributed by atoms with Gasteiger partial charge in [0, 0.05) is 32.1 Å². The van der Waals surface area contributed by atoms with Gasteiger partial charge in [-0.15, -0.1) is 11.6 Å². The van der Waals surface area contributed by atoms with E-state index in [0.717, 1.165) is 38.5 Å².